The number of amides is 2. The van der Waals surface area contributed by atoms with Gasteiger partial charge in [0.2, 0.25) is 11.8 Å². The molecular formula is C13H24N2O2. The van der Waals surface area contributed by atoms with Crippen LogP contribution in [-0.4, -0.2) is 35.8 Å². The predicted molar refractivity (Wildman–Crippen MR) is 67.5 cm³/mol. The molecule has 0 saturated carbocycles. The fraction of sp³-hybridized carbons (Fsp3) is 0.846. The summed E-state index contributed by atoms with van der Waals surface area (Å²) >= 11 is 0. The molecule has 0 radical (unpaired) electrons. The van der Waals surface area contributed by atoms with Crippen LogP contribution in [0.4, 0.5) is 0 Å². The lowest BCUT2D eigenvalue weighted by molar-refractivity contribution is -0.139. The molecule has 1 fully saturated rings. The van der Waals surface area contributed by atoms with E-state index in [-0.39, 0.29) is 17.7 Å². The Hall–Kier alpha value is -0.900. The van der Waals surface area contributed by atoms with Crippen molar-refractivity contribution in [2.45, 2.75) is 52.5 Å². The van der Waals surface area contributed by atoms with Crippen LogP contribution in [-0.2, 0) is 9.59 Å². The maximum absolute atomic E-state index is 11.7. The van der Waals surface area contributed by atoms with Gasteiger partial charge in [-0.05, 0) is 32.7 Å². The van der Waals surface area contributed by atoms with Gasteiger partial charge in [0.05, 0.1) is 0 Å². The standard InChI is InChI=1S/C13H24N2O2/c1-4-7-14-11(3)6-5-8-15-12(16)9-10(2)13(15)17/h10-11,14H,4-9H2,1-3H3. The van der Waals surface area contributed by atoms with Crippen LogP contribution in [0.15, 0.2) is 0 Å². The SMILES string of the molecule is CCCNC(C)CCCN1C(=O)CC(C)C1=O. The van der Waals surface area contributed by atoms with Gasteiger partial charge in [-0.1, -0.05) is 13.8 Å². The van der Waals surface area contributed by atoms with Crippen LogP contribution in [0.5, 0.6) is 0 Å². The first-order valence-corrected chi connectivity index (χ1v) is 6.63. The summed E-state index contributed by atoms with van der Waals surface area (Å²) in [5.41, 5.74) is 0. The molecule has 17 heavy (non-hydrogen) atoms. The summed E-state index contributed by atoms with van der Waals surface area (Å²) in [5, 5.41) is 3.40. The minimum absolute atomic E-state index is 0.00308. The largest absolute Gasteiger partial charge is 0.314 e. The van der Waals surface area contributed by atoms with E-state index in [0.717, 1.165) is 25.8 Å². The Morgan fingerprint density at radius 3 is 2.71 bits per heavy atom. The first-order valence-electron chi connectivity index (χ1n) is 6.63. The lowest BCUT2D eigenvalue weighted by atomic mass is 10.1. The normalized spacial score (nSPS) is 22.3. The van der Waals surface area contributed by atoms with Gasteiger partial charge in [-0.25, -0.2) is 0 Å². The van der Waals surface area contributed by atoms with Crippen molar-refractivity contribution in [2.24, 2.45) is 5.92 Å². The summed E-state index contributed by atoms with van der Waals surface area (Å²) in [5.74, 6) is -0.112. The highest BCUT2D eigenvalue weighted by atomic mass is 16.2. The van der Waals surface area contributed by atoms with Gasteiger partial charge < -0.3 is 5.32 Å². The average Bonchev–Trinajstić information content (AvgIpc) is 2.53. The molecule has 98 valence electrons. The van der Waals surface area contributed by atoms with Gasteiger partial charge in [0.25, 0.3) is 0 Å². The maximum atomic E-state index is 11.7. The van der Waals surface area contributed by atoms with E-state index in [2.05, 4.69) is 19.2 Å². The van der Waals surface area contributed by atoms with E-state index in [4.69, 9.17) is 0 Å². The van der Waals surface area contributed by atoms with Crippen molar-refractivity contribution in [3.05, 3.63) is 0 Å². The minimum atomic E-state index is -0.113. The van der Waals surface area contributed by atoms with E-state index in [1.54, 1.807) is 0 Å². The second-order valence-electron chi connectivity index (χ2n) is 4.99. The van der Waals surface area contributed by atoms with Crippen LogP contribution in [0, 0.1) is 5.92 Å². The zero-order valence-electron chi connectivity index (χ0n) is 11.2. The molecule has 4 heteroatoms. The van der Waals surface area contributed by atoms with Crippen LogP contribution in [0.3, 0.4) is 0 Å². The Morgan fingerprint density at radius 2 is 2.18 bits per heavy atom. The third-order valence-electron chi connectivity index (χ3n) is 3.23. The van der Waals surface area contributed by atoms with Crippen molar-refractivity contribution in [1.29, 1.82) is 0 Å². The monoisotopic (exact) mass is 240 g/mol. The van der Waals surface area contributed by atoms with E-state index in [1.807, 2.05) is 6.92 Å². The number of likely N-dealkylation sites (tertiary alicyclic amines) is 1. The Balaban J connectivity index is 2.22. The van der Waals surface area contributed by atoms with Gasteiger partial charge in [0.1, 0.15) is 0 Å². The number of hydrogen-bond donors (Lipinski definition) is 1. The highest BCUT2D eigenvalue weighted by molar-refractivity contribution is 6.03. The molecule has 4 nitrogen and oxygen atoms in total. The van der Waals surface area contributed by atoms with Gasteiger partial charge in [-0.3, -0.25) is 14.5 Å². The molecule has 0 aliphatic carbocycles. The molecular weight excluding hydrogens is 216 g/mol. The molecule has 0 aromatic rings. The number of carbonyl (C=O) groups excluding carboxylic acids is 2. The molecule has 1 rings (SSSR count). The van der Waals surface area contributed by atoms with E-state index < -0.39 is 0 Å². The Kier molecular flexibility index (Phi) is 5.62. The van der Waals surface area contributed by atoms with E-state index in [1.165, 1.54) is 4.90 Å². The molecule has 2 atom stereocenters. The molecule has 1 N–H and O–H groups in total. The summed E-state index contributed by atoms with van der Waals surface area (Å²) in [7, 11) is 0. The van der Waals surface area contributed by atoms with Crippen LogP contribution in [0.1, 0.15) is 46.5 Å². The van der Waals surface area contributed by atoms with Gasteiger partial charge in [-0.15, -0.1) is 0 Å². The summed E-state index contributed by atoms with van der Waals surface area (Å²) in [6.45, 7) is 7.72. The van der Waals surface area contributed by atoms with Crippen LogP contribution in [0.25, 0.3) is 0 Å². The summed E-state index contributed by atoms with van der Waals surface area (Å²) in [6.07, 6.45) is 3.42. The summed E-state index contributed by atoms with van der Waals surface area (Å²) < 4.78 is 0. The number of imide groups is 1. The first-order chi connectivity index (χ1) is 8.06. The van der Waals surface area contributed by atoms with Crippen molar-refractivity contribution < 1.29 is 9.59 Å². The molecule has 0 bridgehead atoms. The Bertz CT molecular complexity index is 279. The lowest BCUT2D eigenvalue weighted by Gasteiger charge is -2.17. The maximum Gasteiger partial charge on any atom is 0.232 e. The molecule has 2 amide bonds. The first kappa shape index (κ1) is 14.2. The molecule has 0 aromatic heterocycles. The number of nitrogens with one attached hydrogen (secondary N) is 1. The van der Waals surface area contributed by atoms with Crippen molar-refractivity contribution in [3.63, 3.8) is 0 Å². The Morgan fingerprint density at radius 1 is 1.47 bits per heavy atom. The van der Waals surface area contributed by atoms with Crippen molar-refractivity contribution >= 4 is 11.8 Å². The lowest BCUT2D eigenvalue weighted by Crippen LogP contribution is -2.33. The van der Waals surface area contributed by atoms with E-state index in [0.29, 0.717) is 19.0 Å². The predicted octanol–water partition coefficient (Wildman–Crippen LogP) is 1.55. The van der Waals surface area contributed by atoms with Gasteiger partial charge >= 0.3 is 0 Å². The second-order valence-corrected chi connectivity index (χ2v) is 4.99. The van der Waals surface area contributed by atoms with E-state index >= 15 is 0 Å². The summed E-state index contributed by atoms with van der Waals surface area (Å²) in [6, 6.07) is 0.459. The molecule has 1 heterocycles. The number of carbonyl (C=O) groups is 2. The topological polar surface area (TPSA) is 49.4 Å². The fourth-order valence-corrected chi connectivity index (χ4v) is 2.13. The zero-order valence-corrected chi connectivity index (χ0v) is 11.2. The van der Waals surface area contributed by atoms with Gasteiger partial charge in [0, 0.05) is 24.9 Å². The minimum Gasteiger partial charge on any atom is -0.314 e. The zero-order chi connectivity index (χ0) is 12.8. The fourth-order valence-electron chi connectivity index (χ4n) is 2.13. The number of hydrogen-bond acceptors (Lipinski definition) is 3. The van der Waals surface area contributed by atoms with Crippen LogP contribution < -0.4 is 5.32 Å². The summed E-state index contributed by atoms with van der Waals surface area (Å²) in [4.78, 5) is 24.6. The van der Waals surface area contributed by atoms with Crippen molar-refractivity contribution in [3.8, 4) is 0 Å². The average molecular weight is 240 g/mol. The third kappa shape index (κ3) is 4.11. The van der Waals surface area contributed by atoms with Crippen molar-refractivity contribution in [1.82, 2.24) is 10.2 Å². The molecule has 0 spiro atoms. The molecule has 2 unspecified atom stereocenters. The highest BCUT2D eigenvalue weighted by Gasteiger charge is 2.34. The molecule has 0 aromatic carbocycles. The highest BCUT2D eigenvalue weighted by Crippen LogP contribution is 2.19. The Labute approximate surface area is 104 Å². The van der Waals surface area contributed by atoms with Crippen molar-refractivity contribution in [2.75, 3.05) is 13.1 Å². The number of nitrogens with zero attached hydrogens (tertiary/aromatic N) is 1. The smallest absolute Gasteiger partial charge is 0.232 e. The third-order valence-corrected chi connectivity index (χ3v) is 3.23. The van der Waals surface area contributed by atoms with Gasteiger partial charge in [-0.2, -0.15) is 0 Å². The quantitative estimate of drug-likeness (QED) is 0.687. The molecule has 1 aliphatic heterocycles. The van der Waals surface area contributed by atoms with E-state index in [9.17, 15) is 9.59 Å². The van der Waals surface area contributed by atoms with Gasteiger partial charge in [0.15, 0.2) is 0 Å². The van der Waals surface area contributed by atoms with Crippen LogP contribution in [0.2, 0.25) is 0 Å². The number of rotatable bonds is 7. The second kappa shape index (κ2) is 6.74. The molecule has 1 saturated heterocycles. The van der Waals surface area contributed by atoms with Crippen LogP contribution >= 0.6 is 0 Å². The molecule has 1 aliphatic rings.